The van der Waals surface area contributed by atoms with Gasteiger partial charge < -0.3 is 10.6 Å². The number of hydrogen-bond donors (Lipinski definition) is 2. The molecule has 0 amide bonds. The number of nitrogens with one attached hydrogen (secondary N) is 2. The lowest BCUT2D eigenvalue weighted by Gasteiger charge is -2.33. The molecule has 2 unspecified atom stereocenters. The Labute approximate surface area is 166 Å². The van der Waals surface area contributed by atoms with Crippen LogP contribution in [0.2, 0.25) is 10.0 Å². The van der Waals surface area contributed by atoms with Crippen LogP contribution in [-0.4, -0.2) is 12.1 Å². The van der Waals surface area contributed by atoms with Gasteiger partial charge >= 0.3 is 0 Å². The maximum atomic E-state index is 6.07. The Hall–Kier alpha value is -0.770. The summed E-state index contributed by atoms with van der Waals surface area (Å²) in [5.74, 6) is 0. The van der Waals surface area contributed by atoms with Crippen LogP contribution in [0, 0.1) is 0 Å². The van der Waals surface area contributed by atoms with Crippen molar-refractivity contribution in [3.8, 4) is 0 Å². The molecule has 1 saturated carbocycles. The molecule has 3 rings (SSSR count). The Morgan fingerprint density at radius 1 is 0.760 bits per heavy atom. The van der Waals surface area contributed by atoms with E-state index >= 15 is 0 Å². The third kappa shape index (κ3) is 6.47. The molecule has 0 spiro atoms. The van der Waals surface area contributed by atoms with E-state index in [1.807, 2.05) is 36.4 Å². The molecule has 0 aromatic heterocycles. The fourth-order valence-electron chi connectivity index (χ4n) is 3.41. The van der Waals surface area contributed by atoms with Gasteiger partial charge in [-0.2, -0.15) is 0 Å². The molecule has 2 atom stereocenters. The first-order chi connectivity index (χ1) is 11.7. The fourth-order valence-corrected chi connectivity index (χ4v) is 3.84. The number of benzene rings is 2. The van der Waals surface area contributed by atoms with Crippen LogP contribution >= 0.6 is 35.6 Å². The highest BCUT2D eigenvalue weighted by Crippen LogP contribution is 2.20. The summed E-state index contributed by atoms with van der Waals surface area (Å²) in [4.78, 5) is 0. The third-order valence-electron chi connectivity index (χ3n) is 4.68. The molecule has 2 nitrogen and oxygen atoms in total. The largest absolute Gasteiger partial charge is 0.308 e. The summed E-state index contributed by atoms with van der Waals surface area (Å²) >= 11 is 12.1. The Kier molecular flexibility index (Phi) is 8.54. The molecular weight excluding hydrogens is 375 g/mol. The first-order valence-electron chi connectivity index (χ1n) is 8.66. The molecule has 0 heterocycles. The van der Waals surface area contributed by atoms with Gasteiger partial charge in [-0.15, -0.1) is 12.4 Å². The van der Waals surface area contributed by atoms with Crippen LogP contribution in [-0.2, 0) is 13.1 Å². The van der Waals surface area contributed by atoms with Gasteiger partial charge in [-0.05, 0) is 48.2 Å². The Balaban J connectivity index is 0.00000225. The van der Waals surface area contributed by atoms with Crippen molar-refractivity contribution in [1.82, 2.24) is 10.6 Å². The van der Waals surface area contributed by atoms with Crippen molar-refractivity contribution in [2.75, 3.05) is 0 Å². The molecule has 0 radical (unpaired) electrons. The van der Waals surface area contributed by atoms with E-state index in [0.717, 1.165) is 23.1 Å². The monoisotopic (exact) mass is 398 g/mol. The van der Waals surface area contributed by atoms with Gasteiger partial charge in [-0.25, -0.2) is 0 Å². The van der Waals surface area contributed by atoms with Gasteiger partial charge in [0.15, 0.2) is 0 Å². The van der Waals surface area contributed by atoms with Crippen molar-refractivity contribution >= 4 is 35.6 Å². The number of hydrogen-bond acceptors (Lipinski definition) is 2. The minimum absolute atomic E-state index is 0. The molecule has 2 N–H and O–H groups in total. The maximum absolute atomic E-state index is 6.07. The Morgan fingerprint density at radius 3 is 1.60 bits per heavy atom. The fraction of sp³-hybridized carbons (Fsp3) is 0.400. The summed E-state index contributed by atoms with van der Waals surface area (Å²) in [6, 6.07) is 17.2. The highest BCUT2D eigenvalue weighted by atomic mass is 35.5. The number of halogens is 3. The lowest BCUT2D eigenvalue weighted by atomic mass is 9.90. The second kappa shape index (κ2) is 10.4. The van der Waals surface area contributed by atoms with Crippen LogP contribution < -0.4 is 10.6 Å². The first kappa shape index (κ1) is 20.5. The molecule has 1 fully saturated rings. The summed E-state index contributed by atoms with van der Waals surface area (Å²) in [5.41, 5.74) is 2.48. The van der Waals surface area contributed by atoms with Gasteiger partial charge in [0, 0.05) is 35.2 Å². The van der Waals surface area contributed by atoms with E-state index < -0.39 is 0 Å². The molecule has 2 aromatic rings. The molecule has 5 heteroatoms. The van der Waals surface area contributed by atoms with E-state index in [2.05, 4.69) is 22.8 Å². The lowest BCUT2D eigenvalue weighted by Crippen LogP contribution is -2.49. The topological polar surface area (TPSA) is 24.1 Å². The molecule has 0 bridgehead atoms. The normalized spacial score (nSPS) is 20.1. The van der Waals surface area contributed by atoms with Gasteiger partial charge in [0.1, 0.15) is 0 Å². The molecule has 0 aliphatic heterocycles. The standard InChI is InChI=1S/C20H24Cl2N2.ClH/c21-17-7-3-5-15(11-17)13-23-19-9-1-2-10-20(19)24-14-16-6-4-8-18(22)12-16;/h3-8,11-12,19-20,23-24H,1-2,9-10,13-14H2;1H. The van der Waals surface area contributed by atoms with Gasteiger partial charge in [-0.3, -0.25) is 0 Å². The Morgan fingerprint density at radius 2 is 1.20 bits per heavy atom. The predicted octanol–water partition coefficient (Wildman–Crippen LogP) is 5.61. The van der Waals surface area contributed by atoms with Crippen molar-refractivity contribution in [2.24, 2.45) is 0 Å². The second-order valence-corrected chi connectivity index (χ2v) is 7.39. The lowest BCUT2D eigenvalue weighted by molar-refractivity contribution is 0.281. The minimum atomic E-state index is 0. The zero-order chi connectivity index (χ0) is 16.8. The number of rotatable bonds is 6. The van der Waals surface area contributed by atoms with E-state index in [9.17, 15) is 0 Å². The minimum Gasteiger partial charge on any atom is -0.308 e. The van der Waals surface area contributed by atoms with E-state index in [0.29, 0.717) is 12.1 Å². The van der Waals surface area contributed by atoms with Crippen LogP contribution in [0.15, 0.2) is 48.5 Å². The molecule has 2 aromatic carbocycles. The Bertz CT molecular complexity index is 605. The van der Waals surface area contributed by atoms with E-state index in [4.69, 9.17) is 23.2 Å². The first-order valence-corrected chi connectivity index (χ1v) is 9.42. The predicted molar refractivity (Wildman–Crippen MR) is 110 cm³/mol. The van der Waals surface area contributed by atoms with Crippen molar-refractivity contribution in [3.63, 3.8) is 0 Å². The van der Waals surface area contributed by atoms with E-state index in [-0.39, 0.29) is 12.4 Å². The molecule has 1 aliphatic carbocycles. The van der Waals surface area contributed by atoms with Gasteiger partial charge in [0.25, 0.3) is 0 Å². The zero-order valence-corrected chi connectivity index (χ0v) is 16.5. The maximum Gasteiger partial charge on any atom is 0.0409 e. The highest BCUT2D eigenvalue weighted by Gasteiger charge is 2.24. The van der Waals surface area contributed by atoms with E-state index in [1.54, 1.807) is 0 Å². The molecule has 25 heavy (non-hydrogen) atoms. The van der Waals surface area contributed by atoms with Gasteiger partial charge in [0.2, 0.25) is 0 Å². The van der Waals surface area contributed by atoms with Crippen LogP contribution in [0.3, 0.4) is 0 Å². The van der Waals surface area contributed by atoms with Crippen LogP contribution in [0.1, 0.15) is 36.8 Å². The zero-order valence-electron chi connectivity index (χ0n) is 14.2. The quantitative estimate of drug-likeness (QED) is 0.660. The summed E-state index contributed by atoms with van der Waals surface area (Å²) in [6.07, 6.45) is 5.02. The molecule has 1 aliphatic rings. The summed E-state index contributed by atoms with van der Waals surface area (Å²) in [5, 5.41) is 9.03. The molecular formula is C20H25Cl3N2. The van der Waals surface area contributed by atoms with Gasteiger partial charge in [-0.1, -0.05) is 60.3 Å². The van der Waals surface area contributed by atoms with Crippen LogP contribution in [0.25, 0.3) is 0 Å². The summed E-state index contributed by atoms with van der Waals surface area (Å²) in [6.45, 7) is 1.72. The average Bonchev–Trinajstić information content (AvgIpc) is 2.59. The highest BCUT2D eigenvalue weighted by molar-refractivity contribution is 6.30. The molecule has 0 saturated heterocycles. The van der Waals surface area contributed by atoms with Crippen LogP contribution in [0.5, 0.6) is 0 Å². The second-order valence-electron chi connectivity index (χ2n) is 6.52. The molecule has 136 valence electrons. The summed E-state index contributed by atoms with van der Waals surface area (Å²) < 4.78 is 0. The van der Waals surface area contributed by atoms with Crippen molar-refractivity contribution in [3.05, 3.63) is 69.7 Å². The summed E-state index contributed by atoms with van der Waals surface area (Å²) in [7, 11) is 0. The third-order valence-corrected chi connectivity index (χ3v) is 5.15. The van der Waals surface area contributed by atoms with Gasteiger partial charge in [0.05, 0.1) is 0 Å². The SMILES string of the molecule is Cl.Clc1cccc(CNC2CCCCC2NCc2cccc(Cl)c2)c1. The van der Waals surface area contributed by atoms with Crippen molar-refractivity contribution < 1.29 is 0 Å². The van der Waals surface area contributed by atoms with Crippen LogP contribution in [0.4, 0.5) is 0 Å². The smallest absolute Gasteiger partial charge is 0.0409 e. The van der Waals surface area contributed by atoms with Crippen molar-refractivity contribution in [1.29, 1.82) is 0 Å². The average molecular weight is 400 g/mol. The van der Waals surface area contributed by atoms with E-state index in [1.165, 1.54) is 36.8 Å². The van der Waals surface area contributed by atoms with Crippen molar-refractivity contribution in [2.45, 2.75) is 50.9 Å².